The van der Waals surface area contributed by atoms with Crippen molar-refractivity contribution in [3.05, 3.63) is 42.2 Å². The van der Waals surface area contributed by atoms with E-state index in [4.69, 9.17) is 4.74 Å². The third kappa shape index (κ3) is 4.91. The molecule has 4 rings (SSSR count). The maximum absolute atomic E-state index is 12.7. The van der Waals surface area contributed by atoms with E-state index in [2.05, 4.69) is 10.4 Å². The van der Waals surface area contributed by atoms with Crippen LogP contribution in [0.1, 0.15) is 42.5 Å². The number of benzene rings is 1. The number of nitrogens with zero attached hydrogens (tertiary/aromatic N) is 3. The fraction of sp³-hybridized carbons (Fsp3) is 0.524. The van der Waals surface area contributed by atoms with Crippen molar-refractivity contribution in [1.29, 1.82) is 0 Å². The average Bonchev–Trinajstić information content (AvgIpc) is 3.21. The van der Waals surface area contributed by atoms with Crippen LogP contribution in [0.2, 0.25) is 0 Å². The molecule has 2 aromatic rings. The molecular weight excluding hydrogens is 404 g/mol. The van der Waals surface area contributed by atoms with Crippen molar-refractivity contribution in [3.8, 4) is 0 Å². The van der Waals surface area contributed by atoms with E-state index in [9.17, 15) is 13.2 Å². The minimum atomic E-state index is -3.49. The van der Waals surface area contributed by atoms with Gasteiger partial charge in [0.25, 0.3) is 5.91 Å². The van der Waals surface area contributed by atoms with Crippen molar-refractivity contribution in [2.24, 2.45) is 5.92 Å². The van der Waals surface area contributed by atoms with Gasteiger partial charge in [0.05, 0.1) is 16.8 Å². The van der Waals surface area contributed by atoms with Gasteiger partial charge in [-0.1, -0.05) is 6.42 Å². The number of hydrogen-bond donors (Lipinski definition) is 1. The van der Waals surface area contributed by atoms with Gasteiger partial charge >= 0.3 is 0 Å². The molecule has 0 bridgehead atoms. The molecule has 2 fully saturated rings. The van der Waals surface area contributed by atoms with Crippen molar-refractivity contribution < 1.29 is 17.9 Å². The highest BCUT2D eigenvalue weighted by atomic mass is 32.2. The van der Waals surface area contributed by atoms with Gasteiger partial charge in [0.1, 0.15) is 0 Å². The number of aromatic nitrogens is 2. The van der Waals surface area contributed by atoms with Crippen LogP contribution in [-0.4, -0.2) is 54.7 Å². The molecule has 2 aliphatic rings. The summed E-state index contributed by atoms with van der Waals surface area (Å²) in [5.74, 6) is 0.249. The zero-order valence-corrected chi connectivity index (χ0v) is 17.8. The second-order valence-electron chi connectivity index (χ2n) is 7.95. The lowest BCUT2D eigenvalue weighted by Gasteiger charge is -2.25. The highest BCUT2D eigenvalue weighted by molar-refractivity contribution is 7.89. The predicted molar refractivity (Wildman–Crippen MR) is 113 cm³/mol. The molecule has 2 aliphatic heterocycles. The molecular formula is C21H28N4O4S. The first-order chi connectivity index (χ1) is 14.5. The van der Waals surface area contributed by atoms with Gasteiger partial charge in [0, 0.05) is 44.6 Å². The number of anilines is 1. The molecule has 1 N–H and O–H groups in total. The predicted octanol–water partition coefficient (Wildman–Crippen LogP) is 2.74. The van der Waals surface area contributed by atoms with Gasteiger partial charge in [0.15, 0.2) is 0 Å². The normalized spacial score (nSPS) is 18.9. The Morgan fingerprint density at radius 2 is 1.80 bits per heavy atom. The van der Waals surface area contributed by atoms with Crippen LogP contribution in [-0.2, 0) is 21.3 Å². The monoisotopic (exact) mass is 432 g/mol. The van der Waals surface area contributed by atoms with Crippen molar-refractivity contribution in [3.63, 3.8) is 0 Å². The molecule has 2 saturated heterocycles. The van der Waals surface area contributed by atoms with Gasteiger partial charge < -0.3 is 10.1 Å². The maximum atomic E-state index is 12.7. The molecule has 0 saturated carbocycles. The third-order valence-electron chi connectivity index (χ3n) is 5.75. The van der Waals surface area contributed by atoms with Crippen molar-refractivity contribution in [2.75, 3.05) is 31.6 Å². The Balaban J connectivity index is 1.37. The summed E-state index contributed by atoms with van der Waals surface area (Å²) in [6.07, 6.45) is 8.35. The fourth-order valence-corrected chi connectivity index (χ4v) is 5.47. The van der Waals surface area contributed by atoms with Crippen LogP contribution in [0, 0.1) is 5.92 Å². The number of rotatable bonds is 6. The molecule has 3 heterocycles. The summed E-state index contributed by atoms with van der Waals surface area (Å²) in [7, 11) is -3.49. The van der Waals surface area contributed by atoms with Gasteiger partial charge in [0.2, 0.25) is 10.0 Å². The van der Waals surface area contributed by atoms with Crippen LogP contribution in [0.15, 0.2) is 41.6 Å². The van der Waals surface area contributed by atoms with Crippen LogP contribution in [0.5, 0.6) is 0 Å². The second kappa shape index (κ2) is 9.28. The number of amides is 1. The van der Waals surface area contributed by atoms with Gasteiger partial charge in [-0.25, -0.2) is 8.42 Å². The quantitative estimate of drug-likeness (QED) is 0.758. The summed E-state index contributed by atoms with van der Waals surface area (Å²) in [6.45, 7) is 3.51. The molecule has 0 radical (unpaired) electrons. The number of ether oxygens (including phenoxy) is 1. The van der Waals surface area contributed by atoms with Crippen LogP contribution < -0.4 is 5.32 Å². The lowest BCUT2D eigenvalue weighted by atomic mass is 10.0. The zero-order valence-electron chi connectivity index (χ0n) is 17.0. The van der Waals surface area contributed by atoms with E-state index < -0.39 is 10.0 Å². The molecule has 30 heavy (non-hydrogen) atoms. The van der Waals surface area contributed by atoms with Gasteiger partial charge in [-0.3, -0.25) is 9.48 Å². The molecule has 162 valence electrons. The van der Waals surface area contributed by atoms with Gasteiger partial charge in [-0.05, 0) is 55.9 Å². The minimum Gasteiger partial charge on any atom is -0.381 e. The second-order valence-corrected chi connectivity index (χ2v) is 9.89. The summed E-state index contributed by atoms with van der Waals surface area (Å²) >= 11 is 0. The fourth-order valence-electron chi connectivity index (χ4n) is 3.96. The van der Waals surface area contributed by atoms with Crippen molar-refractivity contribution >= 4 is 21.6 Å². The molecule has 1 aromatic heterocycles. The van der Waals surface area contributed by atoms with Crippen molar-refractivity contribution in [1.82, 2.24) is 14.1 Å². The molecule has 0 aliphatic carbocycles. The van der Waals surface area contributed by atoms with E-state index in [1.807, 2.05) is 10.9 Å². The number of nitrogens with one attached hydrogen (secondary N) is 1. The first kappa shape index (κ1) is 21.0. The Morgan fingerprint density at radius 1 is 1.10 bits per heavy atom. The third-order valence-corrected chi connectivity index (χ3v) is 7.66. The molecule has 0 spiro atoms. The smallest absolute Gasteiger partial charge is 0.255 e. The Bertz CT molecular complexity index is 959. The number of carbonyl (C=O) groups excluding carboxylic acids is 1. The van der Waals surface area contributed by atoms with E-state index in [-0.39, 0.29) is 10.8 Å². The number of sulfonamides is 1. The van der Waals surface area contributed by atoms with Gasteiger partial charge in [-0.15, -0.1) is 0 Å². The highest BCUT2D eigenvalue weighted by Crippen LogP contribution is 2.21. The lowest BCUT2D eigenvalue weighted by molar-refractivity contribution is 0.0601. The molecule has 0 atom stereocenters. The maximum Gasteiger partial charge on any atom is 0.255 e. The topological polar surface area (TPSA) is 93.5 Å². The van der Waals surface area contributed by atoms with Crippen molar-refractivity contribution in [2.45, 2.75) is 43.5 Å². The van der Waals surface area contributed by atoms with E-state index in [0.717, 1.165) is 51.9 Å². The number of piperidine rings is 1. The molecule has 1 amide bonds. The Hall–Kier alpha value is -2.23. The standard InChI is InChI=1S/C21H28N4O4S/c26-21(23-19-14-22-24(16-19)15-17-8-12-29-13-9-17)18-4-6-20(7-5-18)30(27,28)25-10-2-1-3-11-25/h4-7,14,16-17H,1-3,8-13,15H2,(H,23,26). The zero-order chi connectivity index (χ0) is 21.0. The van der Waals surface area contributed by atoms with Crippen LogP contribution in [0.4, 0.5) is 5.69 Å². The summed E-state index contributed by atoms with van der Waals surface area (Å²) in [5, 5.41) is 7.16. The molecule has 1 aromatic carbocycles. The molecule has 0 unspecified atom stereocenters. The van der Waals surface area contributed by atoms with E-state index >= 15 is 0 Å². The lowest BCUT2D eigenvalue weighted by Crippen LogP contribution is -2.35. The van der Waals surface area contributed by atoms with E-state index in [1.165, 1.54) is 16.4 Å². The summed E-state index contributed by atoms with van der Waals surface area (Å²) < 4.78 is 34.2. The van der Waals surface area contributed by atoms with Crippen LogP contribution >= 0.6 is 0 Å². The summed E-state index contributed by atoms with van der Waals surface area (Å²) in [5.41, 5.74) is 1.03. The van der Waals surface area contributed by atoms with Crippen LogP contribution in [0.3, 0.4) is 0 Å². The van der Waals surface area contributed by atoms with Gasteiger partial charge in [-0.2, -0.15) is 9.40 Å². The van der Waals surface area contributed by atoms with Crippen LogP contribution in [0.25, 0.3) is 0 Å². The van der Waals surface area contributed by atoms with E-state index in [1.54, 1.807) is 18.3 Å². The summed E-state index contributed by atoms with van der Waals surface area (Å²) in [4.78, 5) is 12.8. The Kier molecular flexibility index (Phi) is 6.50. The number of hydrogen-bond acceptors (Lipinski definition) is 5. The summed E-state index contributed by atoms with van der Waals surface area (Å²) in [6, 6.07) is 6.12. The Labute approximate surface area is 177 Å². The SMILES string of the molecule is O=C(Nc1cnn(CC2CCOCC2)c1)c1ccc(S(=O)(=O)N2CCCCC2)cc1. The largest absolute Gasteiger partial charge is 0.381 e. The highest BCUT2D eigenvalue weighted by Gasteiger charge is 2.26. The van der Waals surface area contributed by atoms with E-state index in [0.29, 0.717) is 30.3 Å². The number of carbonyl (C=O) groups is 1. The molecule has 9 heteroatoms. The first-order valence-electron chi connectivity index (χ1n) is 10.5. The molecule has 8 nitrogen and oxygen atoms in total. The average molecular weight is 433 g/mol. The minimum absolute atomic E-state index is 0.227. The Morgan fingerprint density at radius 3 is 2.50 bits per heavy atom. The first-order valence-corrected chi connectivity index (χ1v) is 12.0.